The number of rotatable bonds is 4. The molecule has 86 valence electrons. The molecule has 0 bridgehead atoms. The fourth-order valence-corrected chi connectivity index (χ4v) is 1.97. The van der Waals surface area contributed by atoms with Crippen LogP contribution in [0.1, 0.15) is 25.3 Å². The molecule has 1 aliphatic carbocycles. The number of halogens is 2. The van der Waals surface area contributed by atoms with Crippen LogP contribution in [0, 0.1) is 0 Å². The fraction of sp³-hybridized carbons (Fsp3) is 0.385. The van der Waals surface area contributed by atoms with Crippen LogP contribution in [0.2, 0.25) is 5.02 Å². The summed E-state index contributed by atoms with van der Waals surface area (Å²) in [7, 11) is 0. The summed E-state index contributed by atoms with van der Waals surface area (Å²) in [6.07, 6.45) is 4.84. The maximum Gasteiger partial charge on any atom is 0.0554 e. The van der Waals surface area contributed by atoms with Crippen molar-refractivity contribution in [2.45, 2.75) is 25.8 Å². The molecule has 1 aromatic carbocycles. The third kappa shape index (κ3) is 3.62. The molecule has 1 aliphatic rings. The first-order chi connectivity index (χ1) is 7.65. The van der Waals surface area contributed by atoms with Crippen LogP contribution in [0.15, 0.2) is 28.2 Å². The lowest BCUT2D eigenvalue weighted by Gasteiger charge is -2.04. The average Bonchev–Trinajstić information content (AvgIpc) is 3.04. The molecule has 0 saturated heterocycles. The van der Waals surface area contributed by atoms with E-state index < -0.39 is 0 Å². The summed E-state index contributed by atoms with van der Waals surface area (Å²) in [5.74, 6) is 0. The minimum atomic E-state index is 0.761. The van der Waals surface area contributed by atoms with Gasteiger partial charge in [-0.3, -0.25) is 0 Å². The summed E-state index contributed by atoms with van der Waals surface area (Å²) in [5, 5.41) is 4.25. The van der Waals surface area contributed by atoms with Crippen LogP contribution in [0.4, 0.5) is 0 Å². The zero-order valence-electron chi connectivity index (χ0n) is 9.26. The summed E-state index contributed by atoms with van der Waals surface area (Å²) >= 11 is 9.43. The van der Waals surface area contributed by atoms with Crippen LogP contribution >= 0.6 is 27.5 Å². The maximum atomic E-state index is 6.04. The summed E-state index contributed by atoms with van der Waals surface area (Å²) in [6.45, 7) is 3.11. The van der Waals surface area contributed by atoms with Crippen molar-refractivity contribution in [3.05, 3.63) is 38.8 Å². The van der Waals surface area contributed by atoms with E-state index in [1.165, 1.54) is 18.4 Å². The van der Waals surface area contributed by atoms with Gasteiger partial charge >= 0.3 is 0 Å². The van der Waals surface area contributed by atoms with Crippen LogP contribution in [0.3, 0.4) is 0 Å². The van der Waals surface area contributed by atoms with E-state index in [-0.39, 0.29) is 0 Å². The predicted octanol–water partition coefficient (Wildman–Crippen LogP) is 4.26. The van der Waals surface area contributed by atoms with Gasteiger partial charge in [0.15, 0.2) is 0 Å². The van der Waals surface area contributed by atoms with E-state index >= 15 is 0 Å². The molecule has 0 radical (unpaired) electrons. The molecule has 0 unspecified atom stereocenters. The van der Waals surface area contributed by atoms with Crippen molar-refractivity contribution in [3.8, 4) is 0 Å². The minimum absolute atomic E-state index is 0.761. The SMILES string of the molecule is C/C(=C/c1ccc(Br)c(Cl)c1)CNC1CC1. The van der Waals surface area contributed by atoms with E-state index in [9.17, 15) is 0 Å². The predicted molar refractivity (Wildman–Crippen MR) is 73.8 cm³/mol. The zero-order chi connectivity index (χ0) is 11.5. The Bertz CT molecular complexity index is 410. The number of hydrogen-bond acceptors (Lipinski definition) is 1. The van der Waals surface area contributed by atoms with Gasteiger partial charge in [0.05, 0.1) is 5.02 Å². The van der Waals surface area contributed by atoms with E-state index in [0.29, 0.717) is 0 Å². The summed E-state index contributed by atoms with van der Waals surface area (Å²) in [4.78, 5) is 0. The molecule has 3 heteroatoms. The largest absolute Gasteiger partial charge is 0.310 e. The lowest BCUT2D eigenvalue weighted by atomic mass is 10.1. The first-order valence-electron chi connectivity index (χ1n) is 5.51. The van der Waals surface area contributed by atoms with Crippen molar-refractivity contribution >= 4 is 33.6 Å². The molecule has 1 nitrogen and oxygen atoms in total. The summed E-state index contributed by atoms with van der Waals surface area (Å²) in [6, 6.07) is 6.79. The first kappa shape index (κ1) is 12.2. The smallest absolute Gasteiger partial charge is 0.0554 e. The standard InChI is InChI=1S/C13H15BrClN/c1-9(8-16-11-3-4-11)6-10-2-5-12(14)13(15)7-10/h2,5-7,11,16H,3-4,8H2,1H3/b9-6-. The van der Waals surface area contributed by atoms with Gasteiger partial charge in [-0.05, 0) is 53.4 Å². The van der Waals surface area contributed by atoms with Crippen LogP contribution in [-0.2, 0) is 0 Å². The molecule has 0 aliphatic heterocycles. The van der Waals surface area contributed by atoms with Crippen LogP contribution in [-0.4, -0.2) is 12.6 Å². The molecule has 1 aromatic rings. The molecule has 0 atom stereocenters. The van der Waals surface area contributed by atoms with E-state index in [2.05, 4.69) is 40.3 Å². The van der Waals surface area contributed by atoms with Gasteiger partial charge in [0.1, 0.15) is 0 Å². The second-order valence-corrected chi connectivity index (χ2v) is 5.58. The average molecular weight is 301 g/mol. The Labute approximate surface area is 110 Å². The number of hydrogen-bond donors (Lipinski definition) is 1. The van der Waals surface area contributed by atoms with Crippen molar-refractivity contribution in [2.75, 3.05) is 6.54 Å². The number of benzene rings is 1. The second kappa shape index (κ2) is 5.35. The quantitative estimate of drug-likeness (QED) is 0.876. The van der Waals surface area contributed by atoms with Crippen LogP contribution in [0.25, 0.3) is 6.08 Å². The molecule has 2 rings (SSSR count). The van der Waals surface area contributed by atoms with E-state index in [1.54, 1.807) is 0 Å². The molecule has 0 amide bonds. The summed E-state index contributed by atoms with van der Waals surface area (Å²) in [5.41, 5.74) is 2.49. The Morgan fingerprint density at radius 2 is 2.31 bits per heavy atom. The lowest BCUT2D eigenvalue weighted by Crippen LogP contribution is -2.18. The van der Waals surface area contributed by atoms with Gasteiger partial charge in [-0.1, -0.05) is 29.3 Å². The van der Waals surface area contributed by atoms with Crippen molar-refractivity contribution in [1.82, 2.24) is 5.32 Å². The van der Waals surface area contributed by atoms with Gasteiger partial charge in [-0.15, -0.1) is 0 Å². The van der Waals surface area contributed by atoms with Crippen molar-refractivity contribution < 1.29 is 0 Å². The summed E-state index contributed by atoms with van der Waals surface area (Å²) < 4.78 is 0.945. The van der Waals surface area contributed by atoms with E-state index in [0.717, 1.165) is 27.6 Å². The topological polar surface area (TPSA) is 12.0 Å². The molecule has 1 fully saturated rings. The highest BCUT2D eigenvalue weighted by Gasteiger charge is 2.19. The molecule has 16 heavy (non-hydrogen) atoms. The second-order valence-electron chi connectivity index (χ2n) is 4.32. The van der Waals surface area contributed by atoms with Gasteiger partial charge in [0.25, 0.3) is 0 Å². The van der Waals surface area contributed by atoms with Gasteiger partial charge in [0, 0.05) is 17.1 Å². The third-order valence-corrected chi connectivity index (χ3v) is 3.84. The molecule has 0 aromatic heterocycles. The van der Waals surface area contributed by atoms with Gasteiger partial charge < -0.3 is 5.32 Å². The maximum absolute atomic E-state index is 6.04. The Morgan fingerprint density at radius 1 is 1.56 bits per heavy atom. The molecule has 1 saturated carbocycles. The monoisotopic (exact) mass is 299 g/mol. The van der Waals surface area contributed by atoms with Gasteiger partial charge in [0.2, 0.25) is 0 Å². The molecule has 0 heterocycles. The third-order valence-electron chi connectivity index (χ3n) is 2.60. The van der Waals surface area contributed by atoms with E-state index in [4.69, 9.17) is 11.6 Å². The number of nitrogens with one attached hydrogen (secondary N) is 1. The molecule has 0 spiro atoms. The van der Waals surface area contributed by atoms with E-state index in [1.807, 2.05) is 12.1 Å². The van der Waals surface area contributed by atoms with Gasteiger partial charge in [-0.25, -0.2) is 0 Å². The lowest BCUT2D eigenvalue weighted by molar-refractivity contribution is 0.736. The highest BCUT2D eigenvalue weighted by atomic mass is 79.9. The molecular weight excluding hydrogens is 286 g/mol. The first-order valence-corrected chi connectivity index (χ1v) is 6.68. The van der Waals surface area contributed by atoms with Gasteiger partial charge in [-0.2, -0.15) is 0 Å². The highest BCUT2D eigenvalue weighted by Crippen LogP contribution is 2.24. The Kier molecular flexibility index (Phi) is 4.06. The normalized spacial score (nSPS) is 16.6. The Morgan fingerprint density at radius 3 is 2.94 bits per heavy atom. The Balaban J connectivity index is 1.99. The van der Waals surface area contributed by atoms with Crippen LogP contribution < -0.4 is 5.32 Å². The zero-order valence-corrected chi connectivity index (χ0v) is 11.6. The fourth-order valence-electron chi connectivity index (χ4n) is 1.53. The van der Waals surface area contributed by atoms with Crippen molar-refractivity contribution in [3.63, 3.8) is 0 Å². The highest BCUT2D eigenvalue weighted by molar-refractivity contribution is 9.10. The molecular formula is C13H15BrClN. The Hall–Kier alpha value is -0.310. The minimum Gasteiger partial charge on any atom is -0.310 e. The van der Waals surface area contributed by atoms with Crippen LogP contribution in [0.5, 0.6) is 0 Å². The van der Waals surface area contributed by atoms with Crippen molar-refractivity contribution in [1.29, 1.82) is 0 Å². The van der Waals surface area contributed by atoms with Crippen molar-refractivity contribution in [2.24, 2.45) is 0 Å². The molecule has 1 N–H and O–H groups in total.